The van der Waals surface area contributed by atoms with Crippen LogP contribution in [0.1, 0.15) is 11.5 Å². The highest BCUT2D eigenvalue weighted by Crippen LogP contribution is 2.08. The van der Waals surface area contributed by atoms with E-state index in [4.69, 9.17) is 0 Å². The average molecular weight is 163 g/mol. The fourth-order valence-electron chi connectivity index (χ4n) is 1.18. The van der Waals surface area contributed by atoms with Crippen LogP contribution in [-0.2, 0) is 7.05 Å². The normalized spacial score (nSPS) is 10.9. The number of aryl methyl sites for hydroxylation is 3. The lowest BCUT2D eigenvalue weighted by molar-refractivity contribution is 0.663. The Labute approximate surface area is 69.4 Å². The SMILES string of the molecule is Cc1nc(C)c2nn(C)nc2n1. The first-order valence-corrected chi connectivity index (χ1v) is 3.69. The Kier molecular flexibility index (Phi) is 1.33. The average Bonchev–Trinajstić information content (AvgIpc) is 2.29. The third-order valence-electron chi connectivity index (χ3n) is 1.64. The molecule has 0 aliphatic rings. The largest absolute Gasteiger partial charge is 0.236 e. The molecule has 0 aliphatic heterocycles. The summed E-state index contributed by atoms with van der Waals surface area (Å²) >= 11 is 0. The van der Waals surface area contributed by atoms with Crippen molar-refractivity contribution >= 4 is 11.2 Å². The monoisotopic (exact) mass is 163 g/mol. The Balaban J connectivity index is 2.88. The van der Waals surface area contributed by atoms with Crippen LogP contribution in [0.3, 0.4) is 0 Å². The summed E-state index contributed by atoms with van der Waals surface area (Å²) in [6.07, 6.45) is 0. The number of nitrogens with zero attached hydrogens (tertiary/aromatic N) is 5. The van der Waals surface area contributed by atoms with Crippen LogP contribution in [0.4, 0.5) is 0 Å². The number of fused-ring (bicyclic) bond motifs is 1. The van der Waals surface area contributed by atoms with Gasteiger partial charge in [0.05, 0.1) is 5.69 Å². The minimum Gasteiger partial charge on any atom is -0.236 e. The molecule has 12 heavy (non-hydrogen) atoms. The molecule has 2 aromatic heterocycles. The Morgan fingerprint density at radius 3 is 2.58 bits per heavy atom. The van der Waals surface area contributed by atoms with Crippen molar-refractivity contribution in [1.29, 1.82) is 0 Å². The van der Waals surface area contributed by atoms with Crippen molar-refractivity contribution in [3.05, 3.63) is 11.5 Å². The second kappa shape index (κ2) is 2.23. The molecule has 0 radical (unpaired) electrons. The first-order chi connectivity index (χ1) is 5.66. The van der Waals surface area contributed by atoms with Crippen LogP contribution >= 0.6 is 0 Å². The van der Waals surface area contributed by atoms with E-state index < -0.39 is 0 Å². The van der Waals surface area contributed by atoms with E-state index >= 15 is 0 Å². The Morgan fingerprint density at radius 2 is 1.83 bits per heavy atom. The molecule has 0 saturated carbocycles. The molecule has 0 unspecified atom stereocenters. The second-order valence-corrected chi connectivity index (χ2v) is 2.72. The first kappa shape index (κ1) is 7.15. The lowest BCUT2D eigenvalue weighted by Gasteiger charge is -1.92. The minimum atomic E-state index is 0.669. The van der Waals surface area contributed by atoms with Crippen LogP contribution in [0.5, 0.6) is 0 Å². The molecular formula is C7H9N5. The lowest BCUT2D eigenvalue weighted by atomic mass is 10.4. The van der Waals surface area contributed by atoms with E-state index in [1.54, 1.807) is 7.05 Å². The Hall–Kier alpha value is -1.52. The third-order valence-corrected chi connectivity index (χ3v) is 1.64. The molecule has 0 aromatic carbocycles. The summed E-state index contributed by atoms with van der Waals surface area (Å²) in [5, 5.41) is 8.22. The molecule has 0 N–H and O–H groups in total. The third kappa shape index (κ3) is 0.939. The van der Waals surface area contributed by atoms with E-state index in [0.29, 0.717) is 5.65 Å². The van der Waals surface area contributed by atoms with E-state index in [9.17, 15) is 0 Å². The fourth-order valence-corrected chi connectivity index (χ4v) is 1.18. The minimum absolute atomic E-state index is 0.669. The van der Waals surface area contributed by atoms with Crippen molar-refractivity contribution in [1.82, 2.24) is 25.0 Å². The van der Waals surface area contributed by atoms with Gasteiger partial charge < -0.3 is 0 Å². The topological polar surface area (TPSA) is 56.5 Å². The summed E-state index contributed by atoms with van der Waals surface area (Å²) in [7, 11) is 1.77. The molecular weight excluding hydrogens is 154 g/mol. The molecule has 0 atom stereocenters. The van der Waals surface area contributed by atoms with Gasteiger partial charge in [-0.3, -0.25) is 0 Å². The lowest BCUT2D eigenvalue weighted by Crippen LogP contribution is -1.91. The zero-order valence-corrected chi connectivity index (χ0v) is 7.24. The Bertz CT molecular complexity index is 431. The smallest absolute Gasteiger partial charge is 0.205 e. The molecule has 0 aliphatic carbocycles. The van der Waals surface area contributed by atoms with E-state index in [0.717, 1.165) is 17.0 Å². The van der Waals surface area contributed by atoms with Crippen LogP contribution in [0.25, 0.3) is 11.2 Å². The Morgan fingerprint density at radius 1 is 1.08 bits per heavy atom. The zero-order valence-electron chi connectivity index (χ0n) is 7.24. The van der Waals surface area contributed by atoms with Crippen LogP contribution in [-0.4, -0.2) is 25.0 Å². The van der Waals surface area contributed by atoms with E-state index in [1.165, 1.54) is 4.80 Å². The number of hydrogen-bond donors (Lipinski definition) is 0. The second-order valence-electron chi connectivity index (χ2n) is 2.72. The van der Waals surface area contributed by atoms with E-state index in [1.807, 2.05) is 13.8 Å². The fraction of sp³-hybridized carbons (Fsp3) is 0.429. The van der Waals surface area contributed by atoms with Gasteiger partial charge in [-0.15, -0.1) is 10.2 Å². The molecule has 5 heteroatoms. The standard InChI is InChI=1S/C7H9N5/c1-4-6-7(9-5(2)8-4)11-12(3)10-6/h1-3H3. The summed E-state index contributed by atoms with van der Waals surface area (Å²) < 4.78 is 0. The summed E-state index contributed by atoms with van der Waals surface area (Å²) in [6, 6.07) is 0. The van der Waals surface area contributed by atoms with Crippen molar-refractivity contribution in [2.75, 3.05) is 0 Å². The van der Waals surface area contributed by atoms with Gasteiger partial charge in [-0.1, -0.05) is 0 Å². The van der Waals surface area contributed by atoms with Crippen LogP contribution in [0.2, 0.25) is 0 Å². The number of aromatic nitrogens is 5. The molecule has 2 aromatic rings. The van der Waals surface area contributed by atoms with Crippen LogP contribution in [0, 0.1) is 13.8 Å². The predicted molar refractivity (Wildman–Crippen MR) is 43.6 cm³/mol. The van der Waals surface area contributed by atoms with Crippen molar-refractivity contribution in [2.45, 2.75) is 13.8 Å². The summed E-state index contributed by atoms with van der Waals surface area (Å²) in [4.78, 5) is 9.85. The molecule has 0 bridgehead atoms. The summed E-state index contributed by atoms with van der Waals surface area (Å²) in [5.74, 6) is 0.737. The molecule has 0 fully saturated rings. The maximum absolute atomic E-state index is 4.19. The maximum Gasteiger partial charge on any atom is 0.205 e. The molecule has 0 saturated heterocycles. The van der Waals surface area contributed by atoms with Crippen molar-refractivity contribution in [2.24, 2.45) is 7.05 Å². The van der Waals surface area contributed by atoms with E-state index in [-0.39, 0.29) is 0 Å². The van der Waals surface area contributed by atoms with Crippen LogP contribution < -0.4 is 0 Å². The quantitative estimate of drug-likeness (QED) is 0.563. The van der Waals surface area contributed by atoms with Gasteiger partial charge in [0.25, 0.3) is 0 Å². The van der Waals surface area contributed by atoms with Crippen molar-refractivity contribution in [3.8, 4) is 0 Å². The molecule has 0 amide bonds. The highest BCUT2D eigenvalue weighted by Gasteiger charge is 2.06. The number of rotatable bonds is 0. The first-order valence-electron chi connectivity index (χ1n) is 3.69. The van der Waals surface area contributed by atoms with Gasteiger partial charge in [0.2, 0.25) is 5.65 Å². The van der Waals surface area contributed by atoms with Gasteiger partial charge in [0.1, 0.15) is 5.82 Å². The van der Waals surface area contributed by atoms with Gasteiger partial charge in [-0.2, -0.15) is 4.80 Å². The molecule has 5 nitrogen and oxygen atoms in total. The highest BCUT2D eigenvalue weighted by atomic mass is 15.5. The molecule has 0 spiro atoms. The van der Waals surface area contributed by atoms with Gasteiger partial charge in [0.15, 0.2) is 5.52 Å². The van der Waals surface area contributed by atoms with Gasteiger partial charge in [-0.05, 0) is 13.8 Å². The van der Waals surface area contributed by atoms with Crippen molar-refractivity contribution in [3.63, 3.8) is 0 Å². The van der Waals surface area contributed by atoms with Gasteiger partial charge in [-0.25, -0.2) is 9.97 Å². The maximum atomic E-state index is 4.19. The van der Waals surface area contributed by atoms with Gasteiger partial charge in [0, 0.05) is 7.05 Å². The number of hydrogen-bond acceptors (Lipinski definition) is 4. The molecule has 2 rings (SSSR count). The zero-order chi connectivity index (χ0) is 8.72. The van der Waals surface area contributed by atoms with Crippen molar-refractivity contribution < 1.29 is 0 Å². The predicted octanol–water partition coefficient (Wildman–Crippen LogP) is 0.375. The van der Waals surface area contributed by atoms with Gasteiger partial charge >= 0.3 is 0 Å². The molecule has 2 heterocycles. The summed E-state index contributed by atoms with van der Waals surface area (Å²) in [6.45, 7) is 3.76. The molecule has 62 valence electrons. The van der Waals surface area contributed by atoms with E-state index in [2.05, 4.69) is 20.2 Å². The van der Waals surface area contributed by atoms with Crippen LogP contribution in [0.15, 0.2) is 0 Å². The highest BCUT2D eigenvalue weighted by molar-refractivity contribution is 5.71. The summed E-state index contributed by atoms with van der Waals surface area (Å²) in [5.41, 5.74) is 2.33.